The van der Waals surface area contributed by atoms with Crippen LogP contribution in [0.4, 0.5) is 0 Å². The first-order valence-corrected chi connectivity index (χ1v) is 5.16. The van der Waals surface area contributed by atoms with Crippen molar-refractivity contribution in [3.63, 3.8) is 0 Å². The number of hydrogen-bond donors (Lipinski definition) is 0. The molecule has 0 aliphatic heterocycles. The summed E-state index contributed by atoms with van der Waals surface area (Å²) in [6.07, 6.45) is 1.79. The monoisotopic (exact) mass is 212 g/mol. The van der Waals surface area contributed by atoms with Crippen molar-refractivity contribution in [2.75, 3.05) is 0 Å². The molecule has 0 fully saturated rings. The normalized spacial score (nSPS) is 10.4. The van der Waals surface area contributed by atoms with Crippen molar-refractivity contribution in [3.05, 3.63) is 36.0 Å². The topological polar surface area (TPSA) is 45.9 Å². The van der Waals surface area contributed by atoms with Crippen LogP contribution in [0.1, 0.15) is 19.4 Å². The first-order valence-electron chi connectivity index (χ1n) is 5.16. The van der Waals surface area contributed by atoms with E-state index in [1.807, 2.05) is 32.0 Å². The van der Waals surface area contributed by atoms with Gasteiger partial charge in [-0.15, -0.1) is 0 Å². The van der Waals surface area contributed by atoms with Crippen molar-refractivity contribution >= 4 is 10.8 Å². The second-order valence-corrected chi connectivity index (χ2v) is 3.83. The van der Waals surface area contributed by atoms with Gasteiger partial charge in [-0.3, -0.25) is 0 Å². The Hall–Kier alpha value is -2.08. The molecule has 0 amide bonds. The molecule has 3 nitrogen and oxygen atoms in total. The van der Waals surface area contributed by atoms with E-state index in [-0.39, 0.29) is 6.10 Å². The zero-order chi connectivity index (χ0) is 11.5. The van der Waals surface area contributed by atoms with Crippen LogP contribution in [0.15, 0.2) is 30.5 Å². The summed E-state index contributed by atoms with van der Waals surface area (Å²) < 4.78 is 5.61. The number of pyridine rings is 1. The third-order valence-corrected chi connectivity index (χ3v) is 2.20. The fraction of sp³-hybridized carbons (Fsp3) is 0.231. The summed E-state index contributed by atoms with van der Waals surface area (Å²) in [5.41, 5.74) is 0.647. The smallest absolute Gasteiger partial charge is 0.221 e. The Labute approximate surface area is 94.3 Å². The lowest BCUT2D eigenvalue weighted by molar-refractivity contribution is 0.236. The lowest BCUT2D eigenvalue weighted by Crippen LogP contribution is -2.07. The molecule has 1 heterocycles. The third kappa shape index (κ3) is 1.96. The number of hydrogen-bond acceptors (Lipinski definition) is 3. The Kier molecular flexibility index (Phi) is 2.74. The van der Waals surface area contributed by atoms with Crippen LogP contribution in [0.3, 0.4) is 0 Å². The molecule has 0 aliphatic rings. The van der Waals surface area contributed by atoms with Gasteiger partial charge in [-0.2, -0.15) is 5.26 Å². The number of fused-ring (bicyclic) bond motifs is 1. The zero-order valence-electron chi connectivity index (χ0n) is 9.27. The maximum absolute atomic E-state index is 8.81. The Morgan fingerprint density at radius 1 is 1.31 bits per heavy atom. The lowest BCUT2D eigenvalue weighted by Gasteiger charge is -2.10. The molecule has 0 aliphatic carbocycles. The zero-order valence-corrected chi connectivity index (χ0v) is 9.27. The Balaban J connectivity index is 2.57. The first-order chi connectivity index (χ1) is 7.70. The van der Waals surface area contributed by atoms with Crippen LogP contribution in [-0.2, 0) is 0 Å². The molecule has 0 atom stereocenters. The van der Waals surface area contributed by atoms with Crippen LogP contribution in [-0.4, -0.2) is 11.1 Å². The standard InChI is InChI=1S/C13H12N2O/c1-9(2)16-13-12-4-3-10(8-14)7-11(12)5-6-15-13/h3-7,9H,1-2H3. The highest BCUT2D eigenvalue weighted by atomic mass is 16.5. The second-order valence-electron chi connectivity index (χ2n) is 3.83. The van der Waals surface area contributed by atoms with E-state index in [2.05, 4.69) is 11.1 Å². The second kappa shape index (κ2) is 4.19. The van der Waals surface area contributed by atoms with E-state index in [1.54, 1.807) is 12.3 Å². The summed E-state index contributed by atoms with van der Waals surface area (Å²) in [6, 6.07) is 9.48. The van der Waals surface area contributed by atoms with Gasteiger partial charge in [0.25, 0.3) is 0 Å². The van der Waals surface area contributed by atoms with Crippen molar-refractivity contribution in [3.8, 4) is 11.9 Å². The molecule has 0 N–H and O–H groups in total. The molecule has 3 heteroatoms. The van der Waals surface area contributed by atoms with Gasteiger partial charge < -0.3 is 4.74 Å². The highest BCUT2D eigenvalue weighted by Gasteiger charge is 2.05. The molecule has 0 bridgehead atoms. The SMILES string of the molecule is CC(C)Oc1nccc2cc(C#N)ccc12. The van der Waals surface area contributed by atoms with E-state index in [4.69, 9.17) is 10.00 Å². The van der Waals surface area contributed by atoms with Crippen molar-refractivity contribution in [1.82, 2.24) is 4.98 Å². The molecule has 1 aromatic heterocycles. The molecule has 0 saturated carbocycles. The summed E-state index contributed by atoms with van der Waals surface area (Å²) in [4.78, 5) is 4.20. The Bertz CT molecular complexity index is 555. The van der Waals surface area contributed by atoms with Gasteiger partial charge in [0, 0.05) is 11.6 Å². The van der Waals surface area contributed by atoms with Gasteiger partial charge in [0.15, 0.2) is 0 Å². The van der Waals surface area contributed by atoms with Crippen LogP contribution in [0.25, 0.3) is 10.8 Å². The van der Waals surface area contributed by atoms with Gasteiger partial charge in [0.1, 0.15) is 0 Å². The largest absolute Gasteiger partial charge is 0.475 e. The Morgan fingerprint density at radius 3 is 2.81 bits per heavy atom. The minimum absolute atomic E-state index is 0.0914. The summed E-state index contributed by atoms with van der Waals surface area (Å²) in [5, 5.41) is 10.7. The van der Waals surface area contributed by atoms with Gasteiger partial charge >= 0.3 is 0 Å². The van der Waals surface area contributed by atoms with E-state index < -0.39 is 0 Å². The molecule has 0 spiro atoms. The molecule has 0 unspecified atom stereocenters. The first kappa shape index (κ1) is 10.4. The quantitative estimate of drug-likeness (QED) is 0.768. The van der Waals surface area contributed by atoms with Crippen molar-refractivity contribution in [1.29, 1.82) is 5.26 Å². The van der Waals surface area contributed by atoms with Crippen molar-refractivity contribution in [2.24, 2.45) is 0 Å². The van der Waals surface area contributed by atoms with Gasteiger partial charge in [-0.05, 0) is 43.5 Å². The van der Waals surface area contributed by atoms with E-state index >= 15 is 0 Å². The number of nitriles is 1. The van der Waals surface area contributed by atoms with Crippen LogP contribution >= 0.6 is 0 Å². The summed E-state index contributed by atoms with van der Waals surface area (Å²) in [7, 11) is 0. The van der Waals surface area contributed by atoms with E-state index in [1.165, 1.54) is 0 Å². The molecule has 2 rings (SSSR count). The fourth-order valence-corrected chi connectivity index (χ4v) is 1.54. The van der Waals surface area contributed by atoms with Crippen LogP contribution in [0.2, 0.25) is 0 Å². The molecule has 0 saturated heterocycles. The fourth-order valence-electron chi connectivity index (χ4n) is 1.54. The highest BCUT2D eigenvalue weighted by molar-refractivity contribution is 5.87. The van der Waals surface area contributed by atoms with Gasteiger partial charge in [-0.25, -0.2) is 4.98 Å². The maximum atomic E-state index is 8.81. The molecule has 0 radical (unpaired) electrons. The average Bonchev–Trinajstić information content (AvgIpc) is 2.28. The molecular weight excluding hydrogens is 200 g/mol. The summed E-state index contributed by atoms with van der Waals surface area (Å²) >= 11 is 0. The molecular formula is C13H12N2O. The molecule has 80 valence electrons. The minimum atomic E-state index is 0.0914. The number of ether oxygens (including phenoxy) is 1. The van der Waals surface area contributed by atoms with Gasteiger partial charge in [-0.1, -0.05) is 0 Å². The van der Waals surface area contributed by atoms with E-state index in [0.29, 0.717) is 11.4 Å². The van der Waals surface area contributed by atoms with Crippen LogP contribution < -0.4 is 4.74 Å². The molecule has 2 aromatic rings. The number of nitrogens with zero attached hydrogens (tertiary/aromatic N) is 2. The number of rotatable bonds is 2. The van der Waals surface area contributed by atoms with E-state index in [9.17, 15) is 0 Å². The van der Waals surface area contributed by atoms with Crippen molar-refractivity contribution in [2.45, 2.75) is 20.0 Å². The summed E-state index contributed by atoms with van der Waals surface area (Å²) in [6.45, 7) is 3.92. The molecule has 1 aromatic carbocycles. The van der Waals surface area contributed by atoms with Crippen LogP contribution in [0, 0.1) is 11.3 Å². The predicted octanol–water partition coefficient (Wildman–Crippen LogP) is 2.89. The van der Waals surface area contributed by atoms with Crippen molar-refractivity contribution < 1.29 is 4.74 Å². The minimum Gasteiger partial charge on any atom is -0.475 e. The lowest BCUT2D eigenvalue weighted by atomic mass is 10.1. The van der Waals surface area contributed by atoms with Crippen LogP contribution in [0.5, 0.6) is 5.88 Å². The summed E-state index contributed by atoms with van der Waals surface area (Å²) in [5.74, 6) is 0.622. The highest BCUT2D eigenvalue weighted by Crippen LogP contribution is 2.24. The number of aromatic nitrogens is 1. The molecule has 16 heavy (non-hydrogen) atoms. The van der Waals surface area contributed by atoms with Gasteiger partial charge in [0.05, 0.1) is 17.7 Å². The number of benzene rings is 1. The van der Waals surface area contributed by atoms with Gasteiger partial charge in [0.2, 0.25) is 5.88 Å². The Morgan fingerprint density at radius 2 is 2.12 bits per heavy atom. The maximum Gasteiger partial charge on any atom is 0.221 e. The predicted molar refractivity (Wildman–Crippen MR) is 62.2 cm³/mol. The third-order valence-electron chi connectivity index (χ3n) is 2.20. The average molecular weight is 212 g/mol. The van der Waals surface area contributed by atoms with E-state index in [0.717, 1.165) is 10.8 Å².